The topological polar surface area (TPSA) is 102 Å². The van der Waals surface area contributed by atoms with Gasteiger partial charge in [0.15, 0.2) is 6.23 Å². The minimum absolute atomic E-state index is 0.0489. The van der Waals surface area contributed by atoms with Crippen LogP contribution in [0.3, 0.4) is 0 Å². The van der Waals surface area contributed by atoms with Crippen LogP contribution in [0.2, 0.25) is 0 Å². The zero-order chi connectivity index (χ0) is 16.4. The average molecular weight is 303 g/mol. The number of nitrogens with zero attached hydrogens (tertiary/aromatic N) is 1. The predicted octanol–water partition coefficient (Wildman–Crippen LogP) is 0.419. The number of aliphatic hydroxyl groups is 1. The molecule has 8 nitrogen and oxygen atoms in total. The maximum absolute atomic E-state index is 12.1. The van der Waals surface area contributed by atoms with Crippen molar-refractivity contribution in [3.8, 4) is 0 Å². The zero-order valence-electron chi connectivity index (χ0n) is 12.8. The van der Waals surface area contributed by atoms with Crippen molar-refractivity contribution in [2.75, 3.05) is 7.11 Å². The van der Waals surface area contributed by atoms with E-state index < -0.39 is 42.0 Å². The molecule has 1 aliphatic rings. The van der Waals surface area contributed by atoms with Gasteiger partial charge in [0, 0.05) is 13.3 Å². The maximum atomic E-state index is 12.1. The largest absolute Gasteiger partial charge is 0.467 e. The lowest BCUT2D eigenvalue weighted by Crippen LogP contribution is -2.48. The monoisotopic (exact) mass is 303 g/mol. The lowest BCUT2D eigenvalue weighted by Gasteiger charge is -2.29. The summed E-state index contributed by atoms with van der Waals surface area (Å²) in [5.74, 6) is -1.33. The number of carbonyl (C=O) groups excluding carboxylic acids is 3. The van der Waals surface area contributed by atoms with Crippen LogP contribution in [0.4, 0.5) is 4.79 Å². The van der Waals surface area contributed by atoms with E-state index >= 15 is 0 Å². The molecule has 21 heavy (non-hydrogen) atoms. The lowest BCUT2D eigenvalue weighted by atomic mass is 10.2. The fraction of sp³-hybridized carbons (Fsp3) is 0.769. The second-order valence-electron chi connectivity index (χ2n) is 5.72. The second-order valence-corrected chi connectivity index (χ2v) is 5.72. The SMILES string of the molecule is COC(=O)[C@@H]1C[C@@H](OC(C)=O)C(O)N1C(=O)OC(C)(C)C. The minimum Gasteiger partial charge on any atom is -0.467 e. The van der Waals surface area contributed by atoms with Crippen LogP contribution in [-0.4, -0.2) is 59.1 Å². The molecule has 1 heterocycles. The fourth-order valence-corrected chi connectivity index (χ4v) is 2.04. The van der Waals surface area contributed by atoms with Crippen LogP contribution in [0, 0.1) is 0 Å². The van der Waals surface area contributed by atoms with E-state index in [2.05, 4.69) is 4.74 Å². The molecule has 1 N–H and O–H groups in total. The van der Waals surface area contributed by atoms with Crippen molar-refractivity contribution in [2.45, 2.75) is 58.1 Å². The Balaban J connectivity index is 2.97. The molecule has 1 rings (SSSR count). The van der Waals surface area contributed by atoms with Crippen molar-refractivity contribution in [1.29, 1.82) is 0 Å². The third kappa shape index (κ3) is 4.32. The number of likely N-dealkylation sites (tertiary alicyclic amines) is 1. The highest BCUT2D eigenvalue weighted by Crippen LogP contribution is 2.28. The van der Waals surface area contributed by atoms with Gasteiger partial charge in [-0.15, -0.1) is 0 Å². The molecule has 1 amide bonds. The van der Waals surface area contributed by atoms with Crippen molar-refractivity contribution in [1.82, 2.24) is 4.90 Å². The normalized spacial score (nSPS) is 25.4. The predicted molar refractivity (Wildman–Crippen MR) is 70.1 cm³/mol. The molecule has 0 aromatic carbocycles. The fourth-order valence-electron chi connectivity index (χ4n) is 2.04. The number of hydrogen-bond acceptors (Lipinski definition) is 7. The van der Waals surface area contributed by atoms with Gasteiger partial charge in [-0.25, -0.2) is 9.59 Å². The van der Waals surface area contributed by atoms with Gasteiger partial charge < -0.3 is 19.3 Å². The van der Waals surface area contributed by atoms with E-state index in [-0.39, 0.29) is 6.42 Å². The molecule has 1 aliphatic heterocycles. The standard InChI is InChI=1S/C13H21NO7/c1-7(15)20-9-6-8(11(17)19-5)14(10(9)16)12(18)21-13(2,3)4/h8-10,16H,6H2,1-5H3/t8-,9+,10?/m0/s1. The summed E-state index contributed by atoms with van der Waals surface area (Å²) in [6.07, 6.45) is -3.39. The summed E-state index contributed by atoms with van der Waals surface area (Å²) in [5, 5.41) is 10.1. The van der Waals surface area contributed by atoms with Gasteiger partial charge in [0.1, 0.15) is 17.7 Å². The summed E-state index contributed by atoms with van der Waals surface area (Å²) < 4.78 is 14.7. The summed E-state index contributed by atoms with van der Waals surface area (Å²) in [4.78, 5) is 35.7. The zero-order valence-corrected chi connectivity index (χ0v) is 12.8. The Bertz CT molecular complexity index is 429. The summed E-state index contributed by atoms with van der Waals surface area (Å²) in [5.41, 5.74) is -0.795. The first-order valence-electron chi connectivity index (χ1n) is 6.51. The molecule has 0 radical (unpaired) electrons. The van der Waals surface area contributed by atoms with Crippen molar-refractivity contribution in [3.05, 3.63) is 0 Å². The third-order valence-electron chi connectivity index (χ3n) is 2.80. The van der Waals surface area contributed by atoms with Crippen molar-refractivity contribution in [2.24, 2.45) is 0 Å². The molecular weight excluding hydrogens is 282 g/mol. The van der Waals surface area contributed by atoms with E-state index in [1.165, 1.54) is 14.0 Å². The van der Waals surface area contributed by atoms with Crippen LogP contribution in [0.15, 0.2) is 0 Å². The molecule has 0 aromatic rings. The first-order valence-corrected chi connectivity index (χ1v) is 6.51. The van der Waals surface area contributed by atoms with Gasteiger partial charge in [0.25, 0.3) is 0 Å². The first-order chi connectivity index (χ1) is 9.56. The number of esters is 2. The van der Waals surface area contributed by atoms with Crippen LogP contribution in [0.25, 0.3) is 0 Å². The molecule has 3 atom stereocenters. The first kappa shape index (κ1) is 17.2. The van der Waals surface area contributed by atoms with Gasteiger partial charge in [0.05, 0.1) is 7.11 Å². The van der Waals surface area contributed by atoms with Crippen LogP contribution in [0.1, 0.15) is 34.1 Å². The summed E-state index contributed by atoms with van der Waals surface area (Å²) >= 11 is 0. The smallest absolute Gasteiger partial charge is 0.413 e. The molecule has 0 bridgehead atoms. The van der Waals surface area contributed by atoms with E-state index in [9.17, 15) is 19.5 Å². The molecule has 1 saturated heterocycles. The Kier molecular flexibility index (Phi) is 5.16. The van der Waals surface area contributed by atoms with Gasteiger partial charge in [-0.2, -0.15) is 0 Å². The van der Waals surface area contributed by atoms with Gasteiger partial charge in [0.2, 0.25) is 0 Å². The molecule has 120 valence electrons. The van der Waals surface area contributed by atoms with E-state index in [4.69, 9.17) is 9.47 Å². The Hall–Kier alpha value is -1.83. The molecule has 0 saturated carbocycles. The molecule has 0 aromatic heterocycles. The molecule has 1 fully saturated rings. The highest BCUT2D eigenvalue weighted by molar-refractivity contribution is 5.82. The molecule has 0 aliphatic carbocycles. The number of amides is 1. The number of hydrogen-bond donors (Lipinski definition) is 1. The lowest BCUT2D eigenvalue weighted by molar-refractivity contribution is -0.154. The number of methoxy groups -OCH3 is 1. The molecule has 0 spiro atoms. The Morgan fingerprint density at radius 3 is 2.24 bits per heavy atom. The highest BCUT2D eigenvalue weighted by atomic mass is 16.6. The van der Waals surface area contributed by atoms with Gasteiger partial charge in [-0.3, -0.25) is 9.69 Å². The highest BCUT2D eigenvalue weighted by Gasteiger charge is 2.50. The van der Waals surface area contributed by atoms with E-state index in [1.807, 2.05) is 0 Å². The van der Waals surface area contributed by atoms with Crippen LogP contribution < -0.4 is 0 Å². The quantitative estimate of drug-likeness (QED) is 0.582. The summed E-state index contributed by atoms with van der Waals surface area (Å²) in [7, 11) is 1.17. The van der Waals surface area contributed by atoms with Gasteiger partial charge >= 0.3 is 18.0 Å². The Labute approximate surface area is 122 Å². The van der Waals surface area contributed by atoms with Crippen LogP contribution in [0.5, 0.6) is 0 Å². The number of rotatable bonds is 2. The summed E-state index contributed by atoms with van der Waals surface area (Å²) in [6, 6.07) is -1.07. The molecule has 8 heteroatoms. The van der Waals surface area contributed by atoms with Gasteiger partial charge in [-0.1, -0.05) is 0 Å². The van der Waals surface area contributed by atoms with Crippen LogP contribution >= 0.6 is 0 Å². The number of carbonyl (C=O) groups is 3. The number of ether oxygens (including phenoxy) is 3. The van der Waals surface area contributed by atoms with E-state index in [0.717, 1.165) is 4.90 Å². The van der Waals surface area contributed by atoms with Gasteiger partial charge in [-0.05, 0) is 20.8 Å². The minimum atomic E-state index is -1.46. The average Bonchev–Trinajstić information content (AvgIpc) is 2.63. The number of aliphatic hydroxyl groups excluding tert-OH is 1. The van der Waals surface area contributed by atoms with E-state index in [1.54, 1.807) is 20.8 Å². The van der Waals surface area contributed by atoms with Crippen LogP contribution in [-0.2, 0) is 23.8 Å². The maximum Gasteiger partial charge on any atom is 0.413 e. The van der Waals surface area contributed by atoms with Crippen molar-refractivity contribution < 1.29 is 33.7 Å². The Morgan fingerprint density at radius 1 is 1.24 bits per heavy atom. The summed E-state index contributed by atoms with van der Waals surface area (Å²) in [6.45, 7) is 6.15. The van der Waals surface area contributed by atoms with Crippen molar-refractivity contribution >= 4 is 18.0 Å². The van der Waals surface area contributed by atoms with Crippen molar-refractivity contribution in [3.63, 3.8) is 0 Å². The molecular formula is C13H21NO7. The second kappa shape index (κ2) is 6.30. The molecule has 1 unspecified atom stereocenters. The Morgan fingerprint density at radius 2 is 1.81 bits per heavy atom. The van der Waals surface area contributed by atoms with E-state index in [0.29, 0.717) is 0 Å². The third-order valence-corrected chi connectivity index (χ3v) is 2.80.